The van der Waals surface area contributed by atoms with Gasteiger partial charge in [0.15, 0.2) is 9.84 Å². The summed E-state index contributed by atoms with van der Waals surface area (Å²) in [5, 5.41) is 0. The van der Waals surface area contributed by atoms with Gasteiger partial charge in [0.1, 0.15) is 12.3 Å². The lowest BCUT2D eigenvalue weighted by molar-refractivity contribution is 0.378. The summed E-state index contributed by atoms with van der Waals surface area (Å²) >= 11 is 0. The van der Waals surface area contributed by atoms with Gasteiger partial charge in [-0.2, -0.15) is 0 Å². The van der Waals surface area contributed by atoms with E-state index in [0.717, 1.165) is 13.8 Å². The molecule has 11 heavy (non-hydrogen) atoms. The largest absolute Gasteiger partial charge is 0.247 e. The minimum atomic E-state index is -3.53. The molecular weight excluding hydrogens is 174 g/mol. The predicted octanol–water partition coefficient (Wildman–Crippen LogP) is 1.12. The first kappa shape index (κ1) is 10.8. The first-order valence-corrected chi connectivity index (χ1v) is 5.14. The Balaban J connectivity index is 4.03. The van der Waals surface area contributed by atoms with E-state index >= 15 is 0 Å². The number of hydrogen-bond acceptors (Lipinski definition) is 2. The molecule has 0 amide bonds. The summed E-state index contributed by atoms with van der Waals surface area (Å²) < 4.78 is 45.8. The molecule has 5 heteroatoms. The van der Waals surface area contributed by atoms with Crippen LogP contribution in [0.5, 0.6) is 0 Å². The van der Waals surface area contributed by atoms with Crippen LogP contribution in [-0.2, 0) is 9.84 Å². The van der Waals surface area contributed by atoms with Gasteiger partial charge in [-0.05, 0) is 13.8 Å². The maximum absolute atomic E-state index is 12.1. The summed E-state index contributed by atoms with van der Waals surface area (Å²) in [4.78, 5) is 0. The summed E-state index contributed by atoms with van der Waals surface area (Å²) in [6, 6.07) is 0. The van der Waals surface area contributed by atoms with Gasteiger partial charge in [-0.3, -0.25) is 0 Å². The quantitative estimate of drug-likeness (QED) is 0.659. The molecule has 2 nitrogen and oxygen atoms in total. The van der Waals surface area contributed by atoms with Crippen molar-refractivity contribution in [3.63, 3.8) is 0 Å². The standard InChI is InChI=1S/C6H12F2O2S/c1-5(7)3-11(9,10)4-6(2)8/h5-6H,3-4H2,1-2H3. The van der Waals surface area contributed by atoms with Crippen molar-refractivity contribution < 1.29 is 17.2 Å². The van der Waals surface area contributed by atoms with Crippen LogP contribution in [0, 0.1) is 0 Å². The van der Waals surface area contributed by atoms with Crippen molar-refractivity contribution in [2.24, 2.45) is 0 Å². The second-order valence-electron chi connectivity index (χ2n) is 2.64. The molecule has 68 valence electrons. The van der Waals surface area contributed by atoms with Crippen LogP contribution in [0.25, 0.3) is 0 Å². The third kappa shape index (κ3) is 6.22. The Bertz CT molecular complexity index is 181. The van der Waals surface area contributed by atoms with E-state index in [-0.39, 0.29) is 0 Å². The summed E-state index contributed by atoms with van der Waals surface area (Å²) in [6.07, 6.45) is -2.84. The molecule has 0 aliphatic heterocycles. The Kier molecular flexibility index (Phi) is 3.92. The topological polar surface area (TPSA) is 34.1 Å². The zero-order valence-electron chi connectivity index (χ0n) is 6.55. The van der Waals surface area contributed by atoms with Gasteiger partial charge in [0, 0.05) is 0 Å². The predicted molar refractivity (Wildman–Crippen MR) is 39.8 cm³/mol. The minimum absolute atomic E-state index is 0.582. The number of rotatable bonds is 4. The zero-order chi connectivity index (χ0) is 9.07. The van der Waals surface area contributed by atoms with Crippen molar-refractivity contribution in [3.05, 3.63) is 0 Å². The van der Waals surface area contributed by atoms with Gasteiger partial charge in [-0.15, -0.1) is 0 Å². The number of halogens is 2. The Labute approximate surface area is 65.5 Å². The molecule has 0 saturated heterocycles. The highest BCUT2D eigenvalue weighted by Crippen LogP contribution is 2.02. The van der Waals surface area contributed by atoms with Crippen molar-refractivity contribution in [2.75, 3.05) is 11.5 Å². The van der Waals surface area contributed by atoms with Crippen molar-refractivity contribution in [1.29, 1.82) is 0 Å². The maximum Gasteiger partial charge on any atom is 0.155 e. The molecule has 2 unspecified atom stereocenters. The second kappa shape index (κ2) is 3.99. The van der Waals surface area contributed by atoms with Crippen molar-refractivity contribution in [3.8, 4) is 0 Å². The maximum atomic E-state index is 12.1. The molecule has 0 aromatic rings. The van der Waals surface area contributed by atoms with Crippen LogP contribution in [-0.4, -0.2) is 32.3 Å². The molecule has 0 radical (unpaired) electrons. The van der Waals surface area contributed by atoms with E-state index in [4.69, 9.17) is 0 Å². The van der Waals surface area contributed by atoms with Gasteiger partial charge in [-0.1, -0.05) is 0 Å². The van der Waals surface area contributed by atoms with Crippen LogP contribution in [0.4, 0.5) is 8.78 Å². The molecular formula is C6H12F2O2S. The Morgan fingerprint density at radius 3 is 1.55 bits per heavy atom. The molecule has 0 bridgehead atoms. The van der Waals surface area contributed by atoms with E-state index in [2.05, 4.69) is 0 Å². The second-order valence-corrected chi connectivity index (χ2v) is 4.79. The number of hydrogen-bond donors (Lipinski definition) is 0. The highest BCUT2D eigenvalue weighted by Gasteiger charge is 2.18. The Morgan fingerprint density at radius 1 is 1.09 bits per heavy atom. The first-order chi connectivity index (χ1) is 4.83. The SMILES string of the molecule is CC(F)CS(=O)(=O)CC(C)F. The molecule has 0 aliphatic rings. The monoisotopic (exact) mass is 186 g/mol. The molecule has 0 N–H and O–H groups in total. The highest BCUT2D eigenvalue weighted by molar-refractivity contribution is 7.91. The fraction of sp³-hybridized carbons (Fsp3) is 1.00. The van der Waals surface area contributed by atoms with Gasteiger partial charge in [0.25, 0.3) is 0 Å². The third-order valence-electron chi connectivity index (χ3n) is 0.967. The summed E-state index contributed by atoms with van der Waals surface area (Å²) in [5.74, 6) is -1.16. The lowest BCUT2D eigenvalue weighted by atomic mass is 10.5. The van der Waals surface area contributed by atoms with E-state index in [1.54, 1.807) is 0 Å². The van der Waals surface area contributed by atoms with Gasteiger partial charge in [0.2, 0.25) is 0 Å². The van der Waals surface area contributed by atoms with Crippen molar-refractivity contribution in [1.82, 2.24) is 0 Å². The van der Waals surface area contributed by atoms with Crippen molar-refractivity contribution in [2.45, 2.75) is 26.2 Å². The van der Waals surface area contributed by atoms with E-state index in [9.17, 15) is 17.2 Å². The summed E-state index contributed by atoms with van der Waals surface area (Å²) in [5.41, 5.74) is 0. The van der Waals surface area contributed by atoms with E-state index in [1.165, 1.54) is 0 Å². The minimum Gasteiger partial charge on any atom is -0.247 e. The molecule has 0 aromatic heterocycles. The normalized spacial score (nSPS) is 17.8. The van der Waals surface area contributed by atoms with Crippen LogP contribution >= 0.6 is 0 Å². The number of sulfone groups is 1. The fourth-order valence-corrected chi connectivity index (χ4v) is 2.30. The van der Waals surface area contributed by atoms with Crippen LogP contribution in [0.3, 0.4) is 0 Å². The average molecular weight is 186 g/mol. The van der Waals surface area contributed by atoms with E-state index < -0.39 is 33.7 Å². The highest BCUT2D eigenvalue weighted by atomic mass is 32.2. The smallest absolute Gasteiger partial charge is 0.155 e. The van der Waals surface area contributed by atoms with Crippen LogP contribution in [0.1, 0.15) is 13.8 Å². The first-order valence-electron chi connectivity index (χ1n) is 3.32. The summed E-state index contributed by atoms with van der Waals surface area (Å²) in [7, 11) is -3.53. The van der Waals surface area contributed by atoms with Gasteiger partial charge in [-0.25, -0.2) is 17.2 Å². The Hall–Kier alpha value is -0.190. The molecule has 0 spiro atoms. The van der Waals surface area contributed by atoms with Gasteiger partial charge >= 0.3 is 0 Å². The zero-order valence-corrected chi connectivity index (χ0v) is 7.37. The van der Waals surface area contributed by atoms with Crippen LogP contribution in [0.2, 0.25) is 0 Å². The Morgan fingerprint density at radius 2 is 1.36 bits per heavy atom. The van der Waals surface area contributed by atoms with Gasteiger partial charge < -0.3 is 0 Å². The molecule has 0 saturated carbocycles. The molecule has 2 atom stereocenters. The molecule has 0 aliphatic carbocycles. The molecule has 0 heterocycles. The molecule has 0 aromatic carbocycles. The lowest BCUT2D eigenvalue weighted by Gasteiger charge is -2.04. The lowest BCUT2D eigenvalue weighted by Crippen LogP contribution is -2.22. The van der Waals surface area contributed by atoms with E-state index in [1.807, 2.05) is 0 Å². The molecule has 0 rings (SSSR count). The fourth-order valence-electron chi connectivity index (χ4n) is 0.768. The van der Waals surface area contributed by atoms with Crippen molar-refractivity contribution >= 4 is 9.84 Å². The third-order valence-corrected chi connectivity index (χ3v) is 2.90. The van der Waals surface area contributed by atoms with E-state index in [0.29, 0.717) is 0 Å². The van der Waals surface area contributed by atoms with Crippen LogP contribution < -0.4 is 0 Å². The molecule has 0 fully saturated rings. The van der Waals surface area contributed by atoms with Gasteiger partial charge in [0.05, 0.1) is 11.5 Å². The summed E-state index contributed by atoms with van der Waals surface area (Å²) in [6.45, 7) is 2.28. The average Bonchev–Trinajstić information content (AvgIpc) is 1.53. The van der Waals surface area contributed by atoms with Crippen LogP contribution in [0.15, 0.2) is 0 Å². The number of alkyl halides is 2.